The van der Waals surface area contributed by atoms with E-state index >= 15 is 0 Å². The normalized spacial score (nSPS) is 35.4. The van der Waals surface area contributed by atoms with Crippen LogP contribution in [0.1, 0.15) is 53.9 Å². The van der Waals surface area contributed by atoms with Crippen LogP contribution in [-0.2, 0) is 0 Å². The molecule has 2 fully saturated rings. The Morgan fingerprint density at radius 3 is 2.13 bits per heavy atom. The van der Waals surface area contributed by atoms with Crippen LogP contribution in [0.3, 0.4) is 0 Å². The third-order valence-corrected chi connectivity index (χ3v) is 4.90. The Morgan fingerprint density at radius 1 is 1.13 bits per heavy atom. The third kappa shape index (κ3) is 1.95. The van der Waals surface area contributed by atoms with Gasteiger partial charge in [0.15, 0.2) is 0 Å². The van der Waals surface area contributed by atoms with Crippen molar-refractivity contribution in [2.45, 2.75) is 66.0 Å². The summed E-state index contributed by atoms with van der Waals surface area (Å²) >= 11 is 0. The first-order valence-corrected chi connectivity index (χ1v) is 6.72. The molecule has 0 aromatic heterocycles. The van der Waals surface area contributed by atoms with Crippen LogP contribution in [0.2, 0.25) is 0 Å². The van der Waals surface area contributed by atoms with Crippen molar-refractivity contribution in [2.24, 2.45) is 17.3 Å². The van der Waals surface area contributed by atoms with Crippen molar-refractivity contribution in [1.29, 1.82) is 0 Å². The van der Waals surface area contributed by atoms with Crippen LogP contribution >= 0.6 is 0 Å². The lowest BCUT2D eigenvalue weighted by Crippen LogP contribution is -2.52. The summed E-state index contributed by atoms with van der Waals surface area (Å²) in [6, 6.07) is 1.56. The zero-order valence-electron chi connectivity index (χ0n) is 11.1. The van der Waals surface area contributed by atoms with E-state index in [0.29, 0.717) is 0 Å². The fourth-order valence-electron chi connectivity index (χ4n) is 3.45. The molecule has 1 nitrogen and oxygen atoms in total. The van der Waals surface area contributed by atoms with Gasteiger partial charge in [-0.2, -0.15) is 0 Å². The zero-order valence-corrected chi connectivity index (χ0v) is 11.1. The molecule has 0 aromatic carbocycles. The lowest BCUT2D eigenvalue weighted by molar-refractivity contribution is 0.0113. The van der Waals surface area contributed by atoms with Crippen LogP contribution in [0, 0.1) is 17.3 Å². The summed E-state index contributed by atoms with van der Waals surface area (Å²) in [6.07, 6.45) is 4.47. The topological polar surface area (TPSA) is 3.24 Å². The van der Waals surface area contributed by atoms with Crippen molar-refractivity contribution >= 4 is 0 Å². The van der Waals surface area contributed by atoms with Crippen LogP contribution in [0.25, 0.3) is 0 Å². The van der Waals surface area contributed by atoms with E-state index < -0.39 is 0 Å². The van der Waals surface area contributed by atoms with Crippen LogP contribution in [-0.4, -0.2) is 23.5 Å². The maximum atomic E-state index is 2.75. The summed E-state index contributed by atoms with van der Waals surface area (Å²) in [6.45, 7) is 13.3. The minimum Gasteiger partial charge on any atom is -0.297 e. The van der Waals surface area contributed by atoms with E-state index in [1.54, 1.807) is 0 Å². The Balaban J connectivity index is 2.11. The Hall–Kier alpha value is -0.0400. The lowest BCUT2D eigenvalue weighted by Gasteiger charge is -2.47. The van der Waals surface area contributed by atoms with Gasteiger partial charge < -0.3 is 0 Å². The van der Waals surface area contributed by atoms with E-state index in [9.17, 15) is 0 Å². The second kappa shape index (κ2) is 3.76. The highest BCUT2D eigenvalue weighted by Crippen LogP contribution is 2.59. The minimum atomic E-state index is 0.718. The molecule has 1 heteroatoms. The summed E-state index contributed by atoms with van der Waals surface area (Å²) in [5, 5.41) is 0. The summed E-state index contributed by atoms with van der Waals surface area (Å²) in [4.78, 5) is 2.75. The number of nitrogens with zero attached hydrogens (tertiary/aromatic N) is 1. The molecule has 1 saturated carbocycles. The molecule has 1 aliphatic heterocycles. The summed E-state index contributed by atoms with van der Waals surface area (Å²) in [7, 11) is 0. The molecule has 0 radical (unpaired) electrons. The van der Waals surface area contributed by atoms with Gasteiger partial charge in [0.05, 0.1) is 0 Å². The largest absolute Gasteiger partial charge is 0.297 e. The highest BCUT2D eigenvalue weighted by molar-refractivity contribution is 5.05. The summed E-state index contributed by atoms with van der Waals surface area (Å²) in [5.41, 5.74) is 0.764. The van der Waals surface area contributed by atoms with Crippen LogP contribution in [0.5, 0.6) is 0 Å². The second-order valence-electron chi connectivity index (χ2n) is 6.57. The van der Waals surface area contributed by atoms with Crippen LogP contribution < -0.4 is 0 Å². The number of piperidine rings is 1. The first-order valence-electron chi connectivity index (χ1n) is 6.72. The molecule has 2 aliphatic rings. The smallest absolute Gasteiger partial charge is 0.0126 e. The predicted octanol–water partition coefficient (Wildman–Crippen LogP) is 3.54. The van der Waals surface area contributed by atoms with Gasteiger partial charge in [-0.3, -0.25) is 4.90 Å². The average Bonchev–Trinajstić information content (AvgIpc) is 2.90. The van der Waals surface area contributed by atoms with Crippen molar-refractivity contribution < 1.29 is 0 Å². The number of likely N-dealkylation sites (tertiary alicyclic amines) is 1. The molecule has 0 aromatic rings. The lowest BCUT2D eigenvalue weighted by atomic mass is 9.76. The van der Waals surface area contributed by atoms with Gasteiger partial charge in [0.25, 0.3) is 0 Å². The highest BCUT2D eigenvalue weighted by atomic mass is 15.2. The SMILES string of the molecule is CC(C)[C@@H]1CC2(CC2)C(C)CN1C(C)C. The first kappa shape index (κ1) is 11.4. The number of hydrogen-bond acceptors (Lipinski definition) is 1. The third-order valence-electron chi connectivity index (χ3n) is 4.90. The summed E-state index contributed by atoms with van der Waals surface area (Å²) in [5.74, 6) is 1.74. The van der Waals surface area contributed by atoms with Gasteiger partial charge in [-0.1, -0.05) is 20.8 Å². The van der Waals surface area contributed by atoms with Crippen LogP contribution in [0.15, 0.2) is 0 Å². The van der Waals surface area contributed by atoms with E-state index in [-0.39, 0.29) is 0 Å². The van der Waals surface area contributed by atoms with E-state index in [4.69, 9.17) is 0 Å². The second-order valence-corrected chi connectivity index (χ2v) is 6.57. The van der Waals surface area contributed by atoms with Gasteiger partial charge in [-0.05, 0) is 50.4 Å². The Morgan fingerprint density at radius 2 is 1.73 bits per heavy atom. The van der Waals surface area contributed by atoms with Gasteiger partial charge in [0, 0.05) is 18.6 Å². The minimum absolute atomic E-state index is 0.718. The molecule has 0 N–H and O–H groups in total. The molecule has 1 unspecified atom stereocenters. The van der Waals surface area contributed by atoms with Crippen molar-refractivity contribution in [3.8, 4) is 0 Å². The Labute approximate surface area is 95.2 Å². The quantitative estimate of drug-likeness (QED) is 0.672. The molecule has 15 heavy (non-hydrogen) atoms. The monoisotopic (exact) mass is 209 g/mol. The molecule has 1 spiro atoms. The van der Waals surface area contributed by atoms with E-state index in [1.807, 2.05) is 0 Å². The maximum absolute atomic E-state index is 2.75. The maximum Gasteiger partial charge on any atom is 0.0126 e. The molecule has 1 aliphatic carbocycles. The highest BCUT2D eigenvalue weighted by Gasteiger charge is 2.53. The molecule has 2 rings (SSSR count). The Bertz CT molecular complexity index is 227. The summed E-state index contributed by atoms with van der Waals surface area (Å²) < 4.78 is 0. The number of hydrogen-bond donors (Lipinski definition) is 0. The molecule has 1 heterocycles. The van der Waals surface area contributed by atoms with Gasteiger partial charge >= 0.3 is 0 Å². The van der Waals surface area contributed by atoms with Gasteiger partial charge in [0.2, 0.25) is 0 Å². The van der Waals surface area contributed by atoms with E-state index in [0.717, 1.165) is 29.3 Å². The zero-order chi connectivity index (χ0) is 11.2. The molecule has 0 amide bonds. The standard InChI is InChI=1S/C14H27N/c1-10(2)13-8-14(6-7-14)12(5)9-15(13)11(3)4/h10-13H,6-9H2,1-5H3/t12?,13-/m0/s1. The van der Waals surface area contributed by atoms with Crippen molar-refractivity contribution in [1.82, 2.24) is 4.90 Å². The van der Waals surface area contributed by atoms with E-state index in [1.165, 1.54) is 25.8 Å². The van der Waals surface area contributed by atoms with Gasteiger partial charge in [0.1, 0.15) is 0 Å². The molecule has 88 valence electrons. The Kier molecular flexibility index (Phi) is 2.87. The van der Waals surface area contributed by atoms with Crippen molar-refractivity contribution in [3.63, 3.8) is 0 Å². The fourth-order valence-corrected chi connectivity index (χ4v) is 3.45. The van der Waals surface area contributed by atoms with Gasteiger partial charge in [-0.25, -0.2) is 0 Å². The molecule has 0 bridgehead atoms. The van der Waals surface area contributed by atoms with Crippen LogP contribution in [0.4, 0.5) is 0 Å². The van der Waals surface area contributed by atoms with Crippen molar-refractivity contribution in [3.05, 3.63) is 0 Å². The van der Waals surface area contributed by atoms with Crippen molar-refractivity contribution in [2.75, 3.05) is 6.54 Å². The molecule has 2 atom stereocenters. The average molecular weight is 209 g/mol. The van der Waals surface area contributed by atoms with E-state index in [2.05, 4.69) is 39.5 Å². The first-order chi connectivity index (χ1) is 6.96. The molecular weight excluding hydrogens is 182 g/mol. The molecular formula is C14H27N. The molecule has 1 saturated heterocycles. The fraction of sp³-hybridized carbons (Fsp3) is 1.00. The number of rotatable bonds is 2. The van der Waals surface area contributed by atoms with Gasteiger partial charge in [-0.15, -0.1) is 0 Å². The predicted molar refractivity (Wildman–Crippen MR) is 65.9 cm³/mol.